The number of aryl methyl sites for hydroxylation is 1. The maximum absolute atomic E-state index is 12.2. The average Bonchev–Trinajstić information content (AvgIpc) is 3.04. The number of imidazole rings is 1. The fourth-order valence-electron chi connectivity index (χ4n) is 1.92. The third-order valence-corrected chi connectivity index (χ3v) is 3.05. The second-order valence-corrected chi connectivity index (χ2v) is 4.67. The van der Waals surface area contributed by atoms with Gasteiger partial charge in [-0.05, 0) is 31.2 Å². The van der Waals surface area contributed by atoms with Gasteiger partial charge < -0.3 is 5.32 Å². The van der Waals surface area contributed by atoms with E-state index in [2.05, 4.69) is 15.3 Å². The largest absolute Gasteiger partial charge is 0.321 e. The van der Waals surface area contributed by atoms with E-state index in [-0.39, 0.29) is 5.91 Å². The van der Waals surface area contributed by atoms with Crippen molar-refractivity contribution in [3.8, 4) is 5.82 Å². The molecule has 21 heavy (non-hydrogen) atoms. The van der Waals surface area contributed by atoms with E-state index in [9.17, 15) is 4.79 Å². The van der Waals surface area contributed by atoms with E-state index in [0.717, 1.165) is 11.3 Å². The number of amides is 1. The second-order valence-electron chi connectivity index (χ2n) is 4.67. The van der Waals surface area contributed by atoms with Crippen LogP contribution < -0.4 is 5.32 Å². The van der Waals surface area contributed by atoms with Crippen molar-refractivity contribution >= 4 is 11.6 Å². The zero-order valence-electron chi connectivity index (χ0n) is 11.5. The lowest BCUT2D eigenvalue weighted by atomic mass is 10.2. The molecule has 5 heteroatoms. The number of rotatable bonds is 3. The molecule has 0 saturated heterocycles. The molecule has 0 unspecified atom stereocenters. The van der Waals surface area contributed by atoms with Crippen molar-refractivity contribution in [2.24, 2.45) is 0 Å². The molecule has 0 bridgehead atoms. The Labute approximate surface area is 122 Å². The Balaban J connectivity index is 1.81. The van der Waals surface area contributed by atoms with Gasteiger partial charge in [0, 0.05) is 18.1 Å². The number of carbonyl (C=O) groups is 1. The van der Waals surface area contributed by atoms with Crippen LogP contribution in [0, 0.1) is 6.92 Å². The van der Waals surface area contributed by atoms with Crippen molar-refractivity contribution < 1.29 is 4.79 Å². The van der Waals surface area contributed by atoms with E-state index in [4.69, 9.17) is 0 Å². The predicted molar refractivity (Wildman–Crippen MR) is 80.5 cm³/mol. The number of hydrogen-bond donors (Lipinski definition) is 1. The molecule has 1 aromatic carbocycles. The Morgan fingerprint density at radius 2 is 1.95 bits per heavy atom. The molecule has 2 aromatic heterocycles. The molecule has 0 saturated carbocycles. The summed E-state index contributed by atoms with van der Waals surface area (Å²) in [6, 6.07) is 12.9. The molecule has 0 aliphatic heterocycles. The van der Waals surface area contributed by atoms with Gasteiger partial charge in [0.1, 0.15) is 17.8 Å². The van der Waals surface area contributed by atoms with E-state index >= 15 is 0 Å². The van der Waals surface area contributed by atoms with Crippen LogP contribution in [0.3, 0.4) is 0 Å². The highest BCUT2D eigenvalue weighted by molar-refractivity contribution is 6.02. The van der Waals surface area contributed by atoms with Gasteiger partial charge in [0.15, 0.2) is 0 Å². The number of benzene rings is 1. The van der Waals surface area contributed by atoms with Crippen LogP contribution in [0.5, 0.6) is 0 Å². The molecule has 5 nitrogen and oxygen atoms in total. The molecular weight excluding hydrogens is 264 g/mol. The molecule has 0 radical (unpaired) electrons. The minimum atomic E-state index is -0.235. The smallest absolute Gasteiger partial charge is 0.274 e. The zero-order chi connectivity index (χ0) is 14.7. The van der Waals surface area contributed by atoms with Gasteiger partial charge in [-0.25, -0.2) is 9.97 Å². The van der Waals surface area contributed by atoms with Gasteiger partial charge in [0.05, 0.1) is 0 Å². The van der Waals surface area contributed by atoms with Crippen molar-refractivity contribution in [1.82, 2.24) is 14.5 Å². The highest BCUT2D eigenvalue weighted by Gasteiger charge is 2.09. The Bertz CT molecular complexity index is 748. The summed E-state index contributed by atoms with van der Waals surface area (Å²) in [5.41, 5.74) is 2.26. The van der Waals surface area contributed by atoms with Crippen LogP contribution in [-0.4, -0.2) is 20.4 Å². The van der Waals surface area contributed by atoms with E-state index < -0.39 is 0 Å². The van der Waals surface area contributed by atoms with Crippen molar-refractivity contribution in [2.75, 3.05) is 5.32 Å². The van der Waals surface area contributed by atoms with Crippen LogP contribution in [-0.2, 0) is 0 Å². The first-order valence-electron chi connectivity index (χ1n) is 6.56. The van der Waals surface area contributed by atoms with Gasteiger partial charge in [-0.2, -0.15) is 0 Å². The van der Waals surface area contributed by atoms with E-state index in [1.165, 1.54) is 0 Å². The summed E-state index contributed by atoms with van der Waals surface area (Å²) < 4.78 is 1.75. The molecule has 0 aliphatic carbocycles. The average molecular weight is 278 g/mol. The Kier molecular flexibility index (Phi) is 3.47. The second kappa shape index (κ2) is 5.58. The van der Waals surface area contributed by atoms with Crippen LogP contribution in [0.1, 0.15) is 16.1 Å². The number of aromatic nitrogens is 3. The van der Waals surface area contributed by atoms with Crippen molar-refractivity contribution in [1.29, 1.82) is 0 Å². The lowest BCUT2D eigenvalue weighted by molar-refractivity contribution is 0.102. The maximum Gasteiger partial charge on any atom is 0.274 e. The predicted octanol–water partition coefficient (Wildman–Crippen LogP) is 2.83. The first kappa shape index (κ1) is 13.1. The molecule has 104 valence electrons. The summed E-state index contributed by atoms with van der Waals surface area (Å²) in [4.78, 5) is 20.5. The summed E-state index contributed by atoms with van der Waals surface area (Å²) >= 11 is 0. The number of anilines is 1. The van der Waals surface area contributed by atoms with Crippen LogP contribution in [0.2, 0.25) is 0 Å². The number of pyridine rings is 1. The molecule has 3 rings (SSSR count). The molecule has 0 spiro atoms. The summed E-state index contributed by atoms with van der Waals surface area (Å²) in [5.74, 6) is 0.421. The molecule has 2 heterocycles. The quantitative estimate of drug-likeness (QED) is 0.801. The summed E-state index contributed by atoms with van der Waals surface area (Å²) in [6.45, 7) is 2.00. The van der Waals surface area contributed by atoms with Crippen LogP contribution in [0.25, 0.3) is 5.82 Å². The first-order chi connectivity index (χ1) is 10.2. The van der Waals surface area contributed by atoms with Crippen molar-refractivity contribution in [3.63, 3.8) is 0 Å². The van der Waals surface area contributed by atoms with Gasteiger partial charge in [0.25, 0.3) is 5.91 Å². The highest BCUT2D eigenvalue weighted by atomic mass is 16.1. The molecule has 3 aromatic rings. The molecule has 1 amide bonds. The molecule has 0 atom stereocenters. The molecule has 0 aliphatic rings. The summed E-state index contributed by atoms with van der Waals surface area (Å²) in [5, 5.41) is 2.83. The number of nitrogens with one attached hydrogen (secondary N) is 1. The van der Waals surface area contributed by atoms with Crippen molar-refractivity contribution in [2.45, 2.75) is 6.92 Å². The SMILES string of the molecule is Cc1ccc(NC(=O)c2cccc(-n3ccnc3)n2)cc1. The third-order valence-electron chi connectivity index (χ3n) is 3.05. The molecule has 0 fully saturated rings. The summed E-state index contributed by atoms with van der Waals surface area (Å²) in [6.07, 6.45) is 5.09. The highest BCUT2D eigenvalue weighted by Crippen LogP contribution is 2.11. The fraction of sp³-hybridized carbons (Fsp3) is 0.0625. The lowest BCUT2D eigenvalue weighted by Crippen LogP contribution is -2.14. The Morgan fingerprint density at radius 3 is 2.67 bits per heavy atom. The first-order valence-corrected chi connectivity index (χ1v) is 6.56. The Morgan fingerprint density at radius 1 is 1.14 bits per heavy atom. The molecular formula is C16H14N4O. The van der Waals surface area contributed by atoms with Crippen molar-refractivity contribution in [3.05, 3.63) is 72.4 Å². The topological polar surface area (TPSA) is 59.8 Å². The fourth-order valence-corrected chi connectivity index (χ4v) is 1.92. The van der Waals surface area contributed by atoms with Gasteiger partial charge in [-0.3, -0.25) is 9.36 Å². The van der Waals surface area contributed by atoms with E-state index in [1.54, 1.807) is 35.4 Å². The number of hydrogen-bond acceptors (Lipinski definition) is 3. The number of carbonyl (C=O) groups excluding carboxylic acids is 1. The maximum atomic E-state index is 12.2. The van der Waals surface area contributed by atoms with Gasteiger partial charge in [0.2, 0.25) is 0 Å². The Hall–Kier alpha value is -2.95. The minimum absolute atomic E-state index is 0.235. The zero-order valence-corrected chi connectivity index (χ0v) is 11.5. The van der Waals surface area contributed by atoms with E-state index in [1.807, 2.05) is 37.3 Å². The van der Waals surface area contributed by atoms with Crippen LogP contribution in [0.15, 0.2) is 61.2 Å². The lowest BCUT2D eigenvalue weighted by Gasteiger charge is -2.07. The molecule has 1 N–H and O–H groups in total. The summed E-state index contributed by atoms with van der Waals surface area (Å²) in [7, 11) is 0. The third kappa shape index (κ3) is 2.97. The number of nitrogens with zero attached hydrogens (tertiary/aromatic N) is 3. The van der Waals surface area contributed by atoms with E-state index in [0.29, 0.717) is 11.5 Å². The standard InChI is InChI=1S/C16H14N4O/c1-12-5-7-13(8-6-12)18-16(21)14-3-2-4-15(19-14)20-10-9-17-11-20/h2-11H,1H3,(H,18,21). The normalized spacial score (nSPS) is 10.3. The van der Waals surface area contributed by atoms with Gasteiger partial charge in [-0.1, -0.05) is 23.8 Å². The van der Waals surface area contributed by atoms with Crippen LogP contribution >= 0.6 is 0 Å². The van der Waals surface area contributed by atoms with Gasteiger partial charge >= 0.3 is 0 Å². The van der Waals surface area contributed by atoms with Gasteiger partial charge in [-0.15, -0.1) is 0 Å². The van der Waals surface area contributed by atoms with Crippen LogP contribution in [0.4, 0.5) is 5.69 Å². The monoisotopic (exact) mass is 278 g/mol. The minimum Gasteiger partial charge on any atom is -0.321 e.